The summed E-state index contributed by atoms with van der Waals surface area (Å²) >= 11 is 0. The third kappa shape index (κ3) is 1.69. The van der Waals surface area contributed by atoms with E-state index in [1.807, 2.05) is 13.8 Å². The highest BCUT2D eigenvalue weighted by Crippen LogP contribution is 2.22. The Balaban J connectivity index is 0.000000222. The molecule has 0 bridgehead atoms. The molecule has 0 aromatic carbocycles. The van der Waals surface area contributed by atoms with E-state index in [0.29, 0.717) is 0 Å². The molecule has 0 spiro atoms. The molecule has 48 valence electrons. The van der Waals surface area contributed by atoms with Crippen LogP contribution in [0.5, 0.6) is 0 Å². The molecule has 0 fully saturated rings. The molecular formula is C8H16. The molecule has 0 heterocycles. The van der Waals surface area contributed by atoms with Crippen molar-refractivity contribution in [1.29, 1.82) is 0 Å². The third-order valence-corrected chi connectivity index (χ3v) is 1.55. The summed E-state index contributed by atoms with van der Waals surface area (Å²) in [7, 11) is 0. The van der Waals surface area contributed by atoms with Gasteiger partial charge in [0.25, 0.3) is 0 Å². The molecule has 0 saturated heterocycles. The van der Waals surface area contributed by atoms with Crippen LogP contribution in [0.1, 0.15) is 27.7 Å². The van der Waals surface area contributed by atoms with Crippen molar-refractivity contribution < 1.29 is 0 Å². The molecule has 0 heteroatoms. The van der Waals surface area contributed by atoms with Crippen LogP contribution in [-0.2, 0) is 0 Å². The molecule has 0 nitrogen and oxygen atoms in total. The average molecular weight is 112 g/mol. The normalized spacial score (nSPS) is 32.5. The van der Waals surface area contributed by atoms with Gasteiger partial charge in [-0.2, -0.15) is 0 Å². The van der Waals surface area contributed by atoms with E-state index in [1.54, 1.807) is 0 Å². The second-order valence-electron chi connectivity index (χ2n) is 2.10. The molecule has 0 N–H and O–H groups in total. The molecule has 2 unspecified atom stereocenters. The van der Waals surface area contributed by atoms with Crippen LogP contribution in [-0.4, -0.2) is 0 Å². The molecule has 0 aromatic rings. The fraction of sp³-hybridized carbons (Fsp3) is 0.750. The summed E-state index contributed by atoms with van der Waals surface area (Å²) in [6, 6.07) is 0. The molecule has 8 heavy (non-hydrogen) atoms. The van der Waals surface area contributed by atoms with E-state index >= 15 is 0 Å². The molecular weight excluding hydrogens is 96.1 g/mol. The second kappa shape index (κ2) is 3.71. The third-order valence-electron chi connectivity index (χ3n) is 1.55. The lowest BCUT2D eigenvalue weighted by molar-refractivity contribution is 0.501. The monoisotopic (exact) mass is 112 g/mol. The first-order chi connectivity index (χ1) is 3.80. The van der Waals surface area contributed by atoms with Gasteiger partial charge < -0.3 is 0 Å². The van der Waals surface area contributed by atoms with Crippen molar-refractivity contribution in [2.75, 3.05) is 0 Å². The van der Waals surface area contributed by atoms with Crippen molar-refractivity contribution in [3.63, 3.8) is 0 Å². The number of hydrogen-bond acceptors (Lipinski definition) is 0. The molecule has 0 aromatic heterocycles. The van der Waals surface area contributed by atoms with Crippen LogP contribution in [0.2, 0.25) is 0 Å². The summed E-state index contributed by atoms with van der Waals surface area (Å²) in [5.74, 6) is 1.70. The Kier molecular flexibility index (Phi) is 3.59. The first-order valence-corrected chi connectivity index (χ1v) is 3.49. The Bertz CT molecular complexity index is 62.1. The van der Waals surface area contributed by atoms with Crippen molar-refractivity contribution in [2.45, 2.75) is 27.7 Å². The lowest BCUT2D eigenvalue weighted by atomic mass is 9.86. The predicted molar refractivity (Wildman–Crippen MR) is 38.8 cm³/mol. The second-order valence-corrected chi connectivity index (χ2v) is 2.10. The van der Waals surface area contributed by atoms with Crippen LogP contribution in [0, 0.1) is 11.8 Å². The zero-order valence-corrected chi connectivity index (χ0v) is 6.31. The van der Waals surface area contributed by atoms with Gasteiger partial charge in [-0.15, -0.1) is 0 Å². The van der Waals surface area contributed by atoms with E-state index in [1.165, 1.54) is 0 Å². The fourth-order valence-corrected chi connectivity index (χ4v) is 0.556. The maximum atomic E-state index is 2.24. The van der Waals surface area contributed by atoms with Crippen molar-refractivity contribution in [1.82, 2.24) is 0 Å². The summed E-state index contributed by atoms with van der Waals surface area (Å²) in [6.45, 7) is 8.48. The quantitative estimate of drug-likeness (QED) is 0.423. The largest absolute Gasteiger partial charge is 0.0848 e. The van der Waals surface area contributed by atoms with Gasteiger partial charge >= 0.3 is 0 Å². The van der Waals surface area contributed by atoms with E-state index in [0.717, 1.165) is 11.8 Å². The van der Waals surface area contributed by atoms with E-state index in [2.05, 4.69) is 26.0 Å². The highest BCUT2D eigenvalue weighted by Gasteiger charge is 2.11. The van der Waals surface area contributed by atoms with E-state index in [-0.39, 0.29) is 0 Å². The van der Waals surface area contributed by atoms with Crippen LogP contribution in [0.3, 0.4) is 0 Å². The van der Waals surface area contributed by atoms with Crippen LogP contribution < -0.4 is 0 Å². The molecule has 0 aliphatic heterocycles. The van der Waals surface area contributed by atoms with Gasteiger partial charge in [0, 0.05) is 0 Å². The summed E-state index contributed by atoms with van der Waals surface area (Å²) < 4.78 is 0. The van der Waals surface area contributed by atoms with Crippen molar-refractivity contribution in [3.8, 4) is 0 Å². The van der Waals surface area contributed by atoms with E-state index in [9.17, 15) is 0 Å². The summed E-state index contributed by atoms with van der Waals surface area (Å²) in [6.07, 6.45) is 4.48. The topological polar surface area (TPSA) is 0 Å². The maximum Gasteiger partial charge on any atom is -0.0201 e. The molecule has 1 aliphatic rings. The highest BCUT2D eigenvalue weighted by atomic mass is 14.2. The Morgan fingerprint density at radius 2 is 1.12 bits per heavy atom. The summed E-state index contributed by atoms with van der Waals surface area (Å²) in [5, 5.41) is 0. The van der Waals surface area contributed by atoms with Gasteiger partial charge in [0.2, 0.25) is 0 Å². The SMILES string of the molecule is CC.CC1C=CC1C. The van der Waals surface area contributed by atoms with Gasteiger partial charge in [-0.1, -0.05) is 39.8 Å². The van der Waals surface area contributed by atoms with Crippen molar-refractivity contribution in [2.24, 2.45) is 11.8 Å². The molecule has 0 radical (unpaired) electrons. The Morgan fingerprint density at radius 3 is 1.12 bits per heavy atom. The zero-order chi connectivity index (χ0) is 6.57. The van der Waals surface area contributed by atoms with Crippen LogP contribution in [0.25, 0.3) is 0 Å². The minimum atomic E-state index is 0.852. The van der Waals surface area contributed by atoms with Crippen LogP contribution in [0.4, 0.5) is 0 Å². The van der Waals surface area contributed by atoms with Crippen LogP contribution in [0.15, 0.2) is 12.2 Å². The van der Waals surface area contributed by atoms with Crippen LogP contribution >= 0.6 is 0 Å². The molecule has 1 rings (SSSR count). The highest BCUT2D eigenvalue weighted by molar-refractivity contribution is 5.04. The average Bonchev–Trinajstić information content (AvgIpc) is 1.88. The van der Waals surface area contributed by atoms with Gasteiger partial charge in [0.1, 0.15) is 0 Å². The van der Waals surface area contributed by atoms with Gasteiger partial charge in [0.15, 0.2) is 0 Å². The van der Waals surface area contributed by atoms with Gasteiger partial charge in [-0.3, -0.25) is 0 Å². The molecule has 1 aliphatic carbocycles. The summed E-state index contributed by atoms with van der Waals surface area (Å²) in [4.78, 5) is 0. The molecule has 0 amide bonds. The van der Waals surface area contributed by atoms with Gasteiger partial charge in [0.05, 0.1) is 0 Å². The Labute approximate surface area is 52.6 Å². The maximum absolute atomic E-state index is 2.24. The number of rotatable bonds is 0. The van der Waals surface area contributed by atoms with Crippen molar-refractivity contribution in [3.05, 3.63) is 12.2 Å². The Hall–Kier alpha value is -0.260. The van der Waals surface area contributed by atoms with Crippen molar-refractivity contribution >= 4 is 0 Å². The number of hydrogen-bond donors (Lipinski definition) is 0. The van der Waals surface area contributed by atoms with Gasteiger partial charge in [-0.05, 0) is 11.8 Å². The lowest BCUT2D eigenvalue weighted by Crippen LogP contribution is -2.09. The molecule has 2 atom stereocenters. The van der Waals surface area contributed by atoms with E-state index in [4.69, 9.17) is 0 Å². The zero-order valence-electron chi connectivity index (χ0n) is 6.31. The first kappa shape index (κ1) is 7.74. The Morgan fingerprint density at radius 1 is 0.875 bits per heavy atom. The van der Waals surface area contributed by atoms with E-state index < -0.39 is 0 Å². The molecule has 0 saturated carbocycles. The first-order valence-electron chi connectivity index (χ1n) is 3.49. The fourth-order valence-electron chi connectivity index (χ4n) is 0.556. The minimum absolute atomic E-state index is 0.852. The standard InChI is InChI=1S/C6H10.C2H6/c1-5-3-4-6(5)2;1-2/h3-6H,1-2H3;1-2H3. The van der Waals surface area contributed by atoms with Gasteiger partial charge in [-0.25, -0.2) is 0 Å². The minimum Gasteiger partial charge on any atom is -0.0848 e. The summed E-state index contributed by atoms with van der Waals surface area (Å²) in [5.41, 5.74) is 0. The smallest absolute Gasteiger partial charge is 0.0201 e. The lowest BCUT2D eigenvalue weighted by Gasteiger charge is -2.20. The predicted octanol–water partition coefficient (Wildman–Crippen LogP) is 2.85. The number of allylic oxidation sites excluding steroid dienone is 2.